The number of thioether (sulfide) groups is 1. The molecule has 7 heteroatoms. The van der Waals surface area contributed by atoms with Crippen LogP contribution >= 0.6 is 11.8 Å². The smallest absolute Gasteiger partial charge is 0.159 e. The predicted octanol–water partition coefficient (Wildman–Crippen LogP) is -0.344. The number of nitrogens with one attached hydrogen (secondary N) is 2. The Kier molecular flexibility index (Phi) is 4.52. The van der Waals surface area contributed by atoms with Gasteiger partial charge in [0.15, 0.2) is 5.17 Å². The Morgan fingerprint density at radius 1 is 1.30 bits per heavy atom. The first-order chi connectivity index (χ1) is 9.69. The number of nitrogens with zero attached hydrogens (tertiary/aromatic N) is 1. The molecule has 0 spiro atoms. The second kappa shape index (κ2) is 6.19. The van der Waals surface area contributed by atoms with Gasteiger partial charge in [0.2, 0.25) is 0 Å². The summed E-state index contributed by atoms with van der Waals surface area (Å²) in [4.78, 5) is 4.35. The fourth-order valence-electron chi connectivity index (χ4n) is 3.13. The van der Waals surface area contributed by atoms with E-state index in [9.17, 15) is 10.2 Å². The van der Waals surface area contributed by atoms with E-state index in [0.717, 1.165) is 5.17 Å². The molecule has 0 radical (unpaired) electrons. The van der Waals surface area contributed by atoms with Gasteiger partial charge in [-0.15, -0.1) is 0 Å². The number of aliphatic hydroxyl groups is 2. The molecular formula is C13H23N3O3S. The van der Waals surface area contributed by atoms with Crippen molar-refractivity contribution < 1.29 is 14.9 Å². The predicted molar refractivity (Wildman–Crippen MR) is 78.8 cm³/mol. The number of amidine groups is 1. The average molecular weight is 301 g/mol. The van der Waals surface area contributed by atoms with Gasteiger partial charge in [-0.25, -0.2) is 0 Å². The molecule has 0 amide bonds. The summed E-state index contributed by atoms with van der Waals surface area (Å²) in [6, 6.07) is 0.154. The van der Waals surface area contributed by atoms with Crippen molar-refractivity contribution >= 4 is 16.9 Å². The van der Waals surface area contributed by atoms with Crippen LogP contribution in [0.4, 0.5) is 0 Å². The molecule has 0 unspecified atom stereocenters. The van der Waals surface area contributed by atoms with E-state index in [-0.39, 0.29) is 17.6 Å². The minimum atomic E-state index is -0.884. The lowest BCUT2D eigenvalue weighted by molar-refractivity contribution is -0.151. The van der Waals surface area contributed by atoms with Gasteiger partial charge in [0, 0.05) is 19.6 Å². The van der Waals surface area contributed by atoms with E-state index in [1.807, 2.05) is 0 Å². The van der Waals surface area contributed by atoms with Gasteiger partial charge in [0.05, 0.1) is 0 Å². The highest BCUT2D eigenvalue weighted by Crippen LogP contribution is 2.35. The third kappa shape index (κ3) is 2.82. The van der Waals surface area contributed by atoms with E-state index < -0.39 is 12.2 Å². The molecule has 5 atom stereocenters. The summed E-state index contributed by atoms with van der Waals surface area (Å²) in [6.07, 6.45) is 2.82. The molecule has 0 aromatic carbocycles. The third-order valence-corrected chi connectivity index (χ3v) is 5.49. The van der Waals surface area contributed by atoms with Crippen LogP contribution < -0.4 is 10.6 Å². The van der Waals surface area contributed by atoms with Crippen LogP contribution in [0.3, 0.4) is 0 Å². The minimum absolute atomic E-state index is 0.203. The van der Waals surface area contributed by atoms with Crippen LogP contribution in [0.1, 0.15) is 25.7 Å². The zero-order valence-electron chi connectivity index (χ0n) is 11.7. The van der Waals surface area contributed by atoms with Gasteiger partial charge < -0.3 is 25.6 Å². The molecule has 1 saturated carbocycles. The number of aliphatic imine (C=N–C) groups is 1. The lowest BCUT2D eigenvalue weighted by Gasteiger charge is -2.38. The molecule has 0 aromatic rings. The van der Waals surface area contributed by atoms with Crippen molar-refractivity contribution in [1.29, 1.82) is 0 Å². The Balaban J connectivity index is 1.57. The second-order valence-corrected chi connectivity index (χ2v) is 6.79. The van der Waals surface area contributed by atoms with Crippen molar-refractivity contribution in [2.75, 3.05) is 13.6 Å². The summed E-state index contributed by atoms with van der Waals surface area (Å²) >= 11 is 1.48. The molecule has 1 aliphatic carbocycles. The summed E-state index contributed by atoms with van der Waals surface area (Å²) in [5.74, 6) is 0. The highest BCUT2D eigenvalue weighted by molar-refractivity contribution is 8.14. The first-order valence-electron chi connectivity index (χ1n) is 7.36. The molecule has 3 aliphatic rings. The Morgan fingerprint density at radius 2 is 2.05 bits per heavy atom. The second-order valence-electron chi connectivity index (χ2n) is 5.71. The normalized spacial score (nSPS) is 41.5. The summed E-state index contributed by atoms with van der Waals surface area (Å²) in [6.45, 7) is 0.585. The van der Waals surface area contributed by atoms with Crippen molar-refractivity contribution in [3.63, 3.8) is 0 Å². The molecular weight excluding hydrogens is 278 g/mol. The van der Waals surface area contributed by atoms with E-state index in [2.05, 4.69) is 15.6 Å². The van der Waals surface area contributed by atoms with Crippen molar-refractivity contribution in [1.82, 2.24) is 10.6 Å². The fourth-order valence-corrected chi connectivity index (χ4v) is 4.21. The molecule has 3 rings (SSSR count). The molecule has 6 nitrogen and oxygen atoms in total. The molecule has 114 valence electrons. The van der Waals surface area contributed by atoms with Gasteiger partial charge in [-0.1, -0.05) is 24.6 Å². The summed E-state index contributed by atoms with van der Waals surface area (Å²) < 4.78 is 5.92. The number of fused-ring (bicyclic) bond motifs is 1. The monoisotopic (exact) mass is 301 g/mol. The summed E-state index contributed by atoms with van der Waals surface area (Å²) in [5.41, 5.74) is -0.203. The maximum absolute atomic E-state index is 10.2. The van der Waals surface area contributed by atoms with Crippen LogP contribution in [-0.4, -0.2) is 64.8 Å². The maximum atomic E-state index is 10.2. The molecule has 4 N–H and O–H groups in total. The van der Waals surface area contributed by atoms with Crippen LogP contribution in [0.15, 0.2) is 4.99 Å². The maximum Gasteiger partial charge on any atom is 0.159 e. The number of ether oxygens (including phenoxy) is 1. The summed E-state index contributed by atoms with van der Waals surface area (Å²) in [5, 5.41) is 27.6. The highest BCUT2D eigenvalue weighted by Gasteiger charge is 2.47. The molecule has 0 aromatic heterocycles. The topological polar surface area (TPSA) is 86.1 Å². The first kappa shape index (κ1) is 14.6. The van der Waals surface area contributed by atoms with E-state index in [1.165, 1.54) is 37.4 Å². The lowest BCUT2D eigenvalue weighted by atomic mass is 9.98. The molecule has 2 aliphatic heterocycles. The van der Waals surface area contributed by atoms with E-state index in [0.29, 0.717) is 12.6 Å². The van der Waals surface area contributed by atoms with Gasteiger partial charge >= 0.3 is 0 Å². The van der Waals surface area contributed by atoms with Crippen LogP contribution in [0.5, 0.6) is 0 Å². The van der Waals surface area contributed by atoms with E-state index in [1.54, 1.807) is 7.05 Å². The van der Waals surface area contributed by atoms with Gasteiger partial charge in [0.25, 0.3) is 0 Å². The van der Waals surface area contributed by atoms with Crippen molar-refractivity contribution in [3.8, 4) is 0 Å². The highest BCUT2D eigenvalue weighted by atomic mass is 32.2. The zero-order chi connectivity index (χ0) is 14.1. The van der Waals surface area contributed by atoms with Crippen LogP contribution in [0.25, 0.3) is 0 Å². The standard InChI is InChI=1S/C13H23N3O3S/c1-14-13-16-9-11(18)10(17)8(19-12(9)20-13)6-15-7-4-2-3-5-7/h7-12,15,17-18H,2-6H2,1H3,(H,14,16)/t8-,9-,10-,11-,12-/m1/s1. The number of hydrogen-bond donors (Lipinski definition) is 4. The molecule has 20 heavy (non-hydrogen) atoms. The van der Waals surface area contributed by atoms with Gasteiger partial charge in [-0.05, 0) is 12.8 Å². The van der Waals surface area contributed by atoms with Gasteiger partial charge in [-0.3, -0.25) is 4.99 Å². The molecule has 1 saturated heterocycles. The van der Waals surface area contributed by atoms with Gasteiger partial charge in [-0.2, -0.15) is 0 Å². The van der Waals surface area contributed by atoms with E-state index >= 15 is 0 Å². The molecule has 2 heterocycles. The van der Waals surface area contributed by atoms with Crippen molar-refractivity contribution in [3.05, 3.63) is 0 Å². The lowest BCUT2D eigenvalue weighted by Crippen LogP contribution is -2.57. The Labute approximate surface area is 123 Å². The third-order valence-electron chi connectivity index (χ3n) is 4.34. The van der Waals surface area contributed by atoms with Crippen LogP contribution in [0, 0.1) is 0 Å². The number of hydrogen-bond acceptors (Lipinski definition) is 7. The Morgan fingerprint density at radius 3 is 2.75 bits per heavy atom. The van der Waals surface area contributed by atoms with Crippen LogP contribution in [-0.2, 0) is 4.74 Å². The SMILES string of the molecule is CNC1=N[C@@H]2[C@@H](O)[C@H](O)[C@@H](CNC3CCCC3)O[C@@H]2S1. The average Bonchev–Trinajstić information content (AvgIpc) is 3.10. The minimum Gasteiger partial charge on any atom is -0.388 e. The zero-order valence-corrected chi connectivity index (χ0v) is 12.5. The molecule has 2 fully saturated rings. The number of rotatable bonds is 3. The van der Waals surface area contributed by atoms with Crippen molar-refractivity contribution in [2.24, 2.45) is 4.99 Å². The largest absolute Gasteiger partial charge is 0.388 e. The fraction of sp³-hybridized carbons (Fsp3) is 0.923. The van der Waals surface area contributed by atoms with Crippen molar-refractivity contribution in [2.45, 2.75) is 61.5 Å². The first-order valence-corrected chi connectivity index (χ1v) is 8.24. The number of aliphatic hydroxyl groups excluding tert-OH is 2. The van der Waals surface area contributed by atoms with Crippen LogP contribution in [0.2, 0.25) is 0 Å². The van der Waals surface area contributed by atoms with E-state index in [4.69, 9.17) is 4.74 Å². The quantitative estimate of drug-likeness (QED) is 0.570. The summed E-state index contributed by atoms with van der Waals surface area (Å²) in [7, 11) is 1.80. The van der Waals surface area contributed by atoms with Gasteiger partial charge in [0.1, 0.15) is 29.8 Å². The Hall–Kier alpha value is -0.340. The Bertz CT molecular complexity index is 376. The molecule has 0 bridgehead atoms.